The van der Waals surface area contributed by atoms with Crippen LogP contribution < -0.4 is 14.3 Å². The molecular weight excluding hydrogens is 456 g/mol. The molecule has 0 radical (unpaired) electrons. The number of carbonyl (C=O) groups is 1. The van der Waals surface area contributed by atoms with Gasteiger partial charge in [-0.05, 0) is 84.3 Å². The number of carbonyl (C=O) groups excluding carboxylic acids is 1. The molecule has 1 aromatic heterocycles. The lowest BCUT2D eigenvalue weighted by molar-refractivity contribution is 0.0998. The summed E-state index contributed by atoms with van der Waals surface area (Å²) in [5.74, 6) is 1.18. The van der Waals surface area contributed by atoms with Crippen LogP contribution in [0.25, 0.3) is 21.7 Å². The van der Waals surface area contributed by atoms with Gasteiger partial charge in [-0.1, -0.05) is 29.0 Å². The molecule has 0 atom stereocenters. The summed E-state index contributed by atoms with van der Waals surface area (Å²) in [5, 5.41) is 0.397. The van der Waals surface area contributed by atoms with E-state index >= 15 is 0 Å². The topological polar surface area (TPSA) is 52.8 Å². The molecule has 3 aromatic carbocycles. The van der Waals surface area contributed by atoms with E-state index in [1.807, 2.05) is 73.1 Å². The fourth-order valence-electron chi connectivity index (χ4n) is 3.51. The molecule has 168 valence electrons. The second kappa shape index (κ2) is 9.65. The number of halogens is 1. The summed E-state index contributed by atoms with van der Waals surface area (Å²) in [6.45, 7) is 1.93. The Balaban J connectivity index is 1.88. The summed E-state index contributed by atoms with van der Waals surface area (Å²) in [6, 6.07) is 21.0. The van der Waals surface area contributed by atoms with Crippen LogP contribution in [0, 0.1) is 6.92 Å². The van der Waals surface area contributed by atoms with Crippen molar-refractivity contribution in [1.82, 2.24) is 4.57 Å². The molecule has 4 rings (SSSR count). The molecule has 0 aliphatic heterocycles. The zero-order valence-corrected chi connectivity index (χ0v) is 20.3. The lowest BCUT2D eigenvalue weighted by Gasteiger charge is -2.09. The number of ether oxygens (including phenoxy) is 2. The third kappa shape index (κ3) is 4.72. The molecule has 0 saturated heterocycles. The van der Waals surface area contributed by atoms with Gasteiger partial charge in [0.1, 0.15) is 11.5 Å². The van der Waals surface area contributed by atoms with Crippen molar-refractivity contribution in [2.24, 2.45) is 12.0 Å². The molecule has 0 bridgehead atoms. The SMILES string of the molecule is COc1ccc(-c2sc(=NC(=O)c3ccc(C)cc3Cl)n(C)c2-c2ccc(OC)cc2)cc1. The smallest absolute Gasteiger partial charge is 0.281 e. The molecule has 0 aliphatic rings. The predicted molar refractivity (Wildman–Crippen MR) is 133 cm³/mol. The van der Waals surface area contributed by atoms with Gasteiger partial charge in [0, 0.05) is 7.05 Å². The fraction of sp³-hybridized carbons (Fsp3) is 0.154. The molecule has 4 aromatic rings. The molecular formula is C26H23ClN2O3S. The molecule has 1 heterocycles. The molecule has 0 fully saturated rings. The number of rotatable bonds is 5. The van der Waals surface area contributed by atoms with E-state index in [0.29, 0.717) is 15.4 Å². The van der Waals surface area contributed by atoms with Gasteiger partial charge in [0.2, 0.25) is 0 Å². The van der Waals surface area contributed by atoms with E-state index in [-0.39, 0.29) is 5.91 Å². The van der Waals surface area contributed by atoms with Crippen LogP contribution in [0.2, 0.25) is 5.02 Å². The van der Waals surface area contributed by atoms with E-state index in [1.165, 1.54) is 11.3 Å². The maximum atomic E-state index is 13.0. The average molecular weight is 479 g/mol. The monoisotopic (exact) mass is 478 g/mol. The van der Waals surface area contributed by atoms with E-state index in [0.717, 1.165) is 38.8 Å². The maximum absolute atomic E-state index is 13.0. The summed E-state index contributed by atoms with van der Waals surface area (Å²) in [7, 11) is 5.19. The number of hydrogen-bond donors (Lipinski definition) is 0. The second-order valence-electron chi connectivity index (χ2n) is 7.48. The summed E-state index contributed by atoms with van der Waals surface area (Å²) < 4.78 is 12.5. The second-order valence-corrected chi connectivity index (χ2v) is 8.86. The largest absolute Gasteiger partial charge is 0.497 e. The zero-order chi connectivity index (χ0) is 23.5. The number of nitrogens with zero attached hydrogens (tertiary/aromatic N) is 2. The normalized spacial score (nSPS) is 11.5. The van der Waals surface area contributed by atoms with Gasteiger partial charge in [0.15, 0.2) is 4.80 Å². The minimum absolute atomic E-state index is 0.376. The van der Waals surface area contributed by atoms with Gasteiger partial charge in [-0.3, -0.25) is 4.79 Å². The third-order valence-electron chi connectivity index (χ3n) is 5.30. The van der Waals surface area contributed by atoms with E-state index in [2.05, 4.69) is 4.99 Å². The summed E-state index contributed by atoms with van der Waals surface area (Å²) >= 11 is 7.76. The van der Waals surface area contributed by atoms with Gasteiger partial charge in [0.25, 0.3) is 5.91 Å². The first-order valence-corrected chi connectivity index (χ1v) is 11.4. The number of aromatic nitrogens is 1. The Morgan fingerprint density at radius 2 is 1.48 bits per heavy atom. The Kier molecular flexibility index (Phi) is 6.67. The quantitative estimate of drug-likeness (QED) is 0.346. The molecule has 0 N–H and O–H groups in total. The number of methoxy groups -OCH3 is 2. The van der Waals surface area contributed by atoms with Crippen molar-refractivity contribution < 1.29 is 14.3 Å². The van der Waals surface area contributed by atoms with Crippen molar-refractivity contribution in [3.63, 3.8) is 0 Å². The van der Waals surface area contributed by atoms with E-state index in [4.69, 9.17) is 21.1 Å². The average Bonchev–Trinajstić information content (AvgIpc) is 3.14. The minimum atomic E-state index is -0.376. The van der Waals surface area contributed by atoms with Gasteiger partial charge in [-0.15, -0.1) is 0 Å². The van der Waals surface area contributed by atoms with Gasteiger partial charge in [-0.25, -0.2) is 0 Å². The van der Waals surface area contributed by atoms with Crippen molar-refractivity contribution >= 4 is 28.8 Å². The van der Waals surface area contributed by atoms with Gasteiger partial charge < -0.3 is 14.0 Å². The molecule has 7 heteroatoms. The molecule has 0 unspecified atom stereocenters. The minimum Gasteiger partial charge on any atom is -0.497 e. The Labute approximate surface area is 201 Å². The standard InChI is InChI=1S/C26H23ClN2O3S/c1-16-5-14-21(22(27)15-16)25(30)28-26-29(2)23(17-6-10-19(31-3)11-7-17)24(33-26)18-8-12-20(32-4)13-9-18/h5-15H,1-4H3. The van der Waals surface area contributed by atoms with Gasteiger partial charge in [-0.2, -0.15) is 4.99 Å². The van der Waals surface area contributed by atoms with E-state index in [1.54, 1.807) is 26.4 Å². The maximum Gasteiger partial charge on any atom is 0.281 e. The number of thiazole rings is 1. The summed E-state index contributed by atoms with van der Waals surface area (Å²) in [6.07, 6.45) is 0. The van der Waals surface area contributed by atoms with Crippen LogP contribution in [0.3, 0.4) is 0 Å². The van der Waals surface area contributed by atoms with Crippen LogP contribution in [0.5, 0.6) is 11.5 Å². The van der Waals surface area contributed by atoms with E-state index < -0.39 is 0 Å². The predicted octanol–water partition coefficient (Wildman–Crippen LogP) is 6.14. The van der Waals surface area contributed by atoms with Crippen LogP contribution in [0.15, 0.2) is 71.7 Å². The third-order valence-corrected chi connectivity index (χ3v) is 6.79. The zero-order valence-electron chi connectivity index (χ0n) is 18.8. The Morgan fingerprint density at radius 1 is 0.909 bits per heavy atom. The van der Waals surface area contributed by atoms with Crippen molar-refractivity contribution in [2.75, 3.05) is 14.2 Å². The highest BCUT2D eigenvalue weighted by Crippen LogP contribution is 2.35. The van der Waals surface area contributed by atoms with Crippen molar-refractivity contribution in [3.05, 3.63) is 87.7 Å². The molecule has 5 nitrogen and oxygen atoms in total. The first-order chi connectivity index (χ1) is 15.9. The number of hydrogen-bond acceptors (Lipinski definition) is 4. The summed E-state index contributed by atoms with van der Waals surface area (Å²) in [4.78, 5) is 19.0. The molecule has 0 spiro atoms. The highest BCUT2D eigenvalue weighted by molar-refractivity contribution is 7.13. The van der Waals surface area contributed by atoms with Crippen LogP contribution in [0.4, 0.5) is 0 Å². The Bertz CT molecular complexity index is 1370. The highest BCUT2D eigenvalue weighted by atomic mass is 35.5. The molecule has 0 aliphatic carbocycles. The van der Waals surface area contributed by atoms with Crippen LogP contribution in [-0.4, -0.2) is 24.7 Å². The van der Waals surface area contributed by atoms with E-state index in [9.17, 15) is 4.79 Å². The van der Waals surface area contributed by atoms with Crippen LogP contribution in [0.1, 0.15) is 15.9 Å². The van der Waals surface area contributed by atoms with Crippen LogP contribution in [-0.2, 0) is 7.05 Å². The van der Waals surface area contributed by atoms with Crippen molar-refractivity contribution in [2.45, 2.75) is 6.92 Å². The number of amides is 1. The number of aryl methyl sites for hydroxylation is 1. The highest BCUT2D eigenvalue weighted by Gasteiger charge is 2.17. The van der Waals surface area contributed by atoms with Gasteiger partial charge >= 0.3 is 0 Å². The Morgan fingerprint density at radius 3 is 2.03 bits per heavy atom. The lowest BCUT2D eigenvalue weighted by Crippen LogP contribution is -2.14. The molecule has 0 saturated carbocycles. The lowest BCUT2D eigenvalue weighted by atomic mass is 10.1. The Hall–Kier alpha value is -3.35. The fourth-order valence-corrected chi connectivity index (χ4v) is 4.97. The first-order valence-electron chi connectivity index (χ1n) is 10.2. The molecule has 33 heavy (non-hydrogen) atoms. The summed E-state index contributed by atoms with van der Waals surface area (Å²) in [5.41, 5.74) is 4.32. The molecule has 1 amide bonds. The van der Waals surface area contributed by atoms with Gasteiger partial charge in [0.05, 0.1) is 35.4 Å². The number of benzene rings is 3. The van der Waals surface area contributed by atoms with Crippen molar-refractivity contribution in [1.29, 1.82) is 0 Å². The first kappa shape index (κ1) is 22.8. The van der Waals surface area contributed by atoms with Crippen LogP contribution >= 0.6 is 22.9 Å². The van der Waals surface area contributed by atoms with Crippen molar-refractivity contribution in [3.8, 4) is 33.2 Å².